The first-order chi connectivity index (χ1) is 11.8. The summed E-state index contributed by atoms with van der Waals surface area (Å²) >= 11 is 0. The van der Waals surface area contributed by atoms with Crippen molar-refractivity contribution in [2.24, 2.45) is 0 Å². The number of rotatable bonds is 5. The molecule has 2 saturated heterocycles. The lowest BCUT2D eigenvalue weighted by Gasteiger charge is -2.34. The third kappa shape index (κ3) is 4.56. The molecule has 2 heterocycles. The lowest BCUT2D eigenvalue weighted by Crippen LogP contribution is -2.52. The summed E-state index contributed by atoms with van der Waals surface area (Å²) in [7, 11) is 1.67. The van der Waals surface area contributed by atoms with Crippen LogP contribution >= 0.6 is 0 Å². The van der Waals surface area contributed by atoms with Crippen LogP contribution in [0.15, 0.2) is 30.3 Å². The predicted octanol–water partition coefficient (Wildman–Crippen LogP) is 1.79. The Labute approximate surface area is 144 Å². The van der Waals surface area contributed by atoms with E-state index in [0.29, 0.717) is 25.7 Å². The SMILES string of the molecule is CO[C@@H]1COCC[C@H]1NC(=O)CN1CCC(c2ccccc2)CC1. The summed E-state index contributed by atoms with van der Waals surface area (Å²) in [5, 5.41) is 3.12. The van der Waals surface area contributed by atoms with Crippen LogP contribution < -0.4 is 5.32 Å². The maximum absolute atomic E-state index is 12.3. The zero-order valence-electron chi connectivity index (χ0n) is 14.4. The molecule has 2 atom stereocenters. The minimum atomic E-state index is -0.0356. The molecule has 0 spiro atoms. The smallest absolute Gasteiger partial charge is 0.234 e. The molecular formula is C19H28N2O3. The number of nitrogens with zero attached hydrogens (tertiary/aromatic N) is 1. The van der Waals surface area contributed by atoms with Gasteiger partial charge in [-0.2, -0.15) is 0 Å². The summed E-state index contributed by atoms with van der Waals surface area (Å²) < 4.78 is 10.8. The summed E-state index contributed by atoms with van der Waals surface area (Å²) in [6.07, 6.45) is 3.02. The van der Waals surface area contributed by atoms with Gasteiger partial charge in [0.15, 0.2) is 0 Å². The number of likely N-dealkylation sites (tertiary alicyclic amines) is 1. The molecule has 0 unspecified atom stereocenters. The molecule has 0 saturated carbocycles. The Morgan fingerprint density at radius 1 is 1.25 bits per heavy atom. The number of ether oxygens (including phenoxy) is 2. The van der Waals surface area contributed by atoms with Gasteiger partial charge in [0.05, 0.1) is 19.2 Å². The van der Waals surface area contributed by atoms with Crippen molar-refractivity contribution in [2.75, 3.05) is 40.0 Å². The van der Waals surface area contributed by atoms with E-state index in [1.807, 2.05) is 0 Å². The minimum absolute atomic E-state index is 0.0356. The topological polar surface area (TPSA) is 50.8 Å². The van der Waals surface area contributed by atoms with E-state index in [4.69, 9.17) is 9.47 Å². The number of carbonyl (C=O) groups is 1. The fraction of sp³-hybridized carbons (Fsp3) is 0.632. The molecule has 1 amide bonds. The molecule has 132 valence electrons. The van der Waals surface area contributed by atoms with Crippen molar-refractivity contribution in [3.8, 4) is 0 Å². The van der Waals surface area contributed by atoms with E-state index in [9.17, 15) is 4.79 Å². The third-order valence-electron chi connectivity index (χ3n) is 5.18. The Morgan fingerprint density at radius 2 is 2.00 bits per heavy atom. The fourth-order valence-electron chi connectivity index (χ4n) is 3.71. The molecule has 1 N–H and O–H groups in total. The van der Waals surface area contributed by atoms with Crippen LogP contribution in [0.2, 0.25) is 0 Å². The average molecular weight is 332 g/mol. The number of nitrogens with one attached hydrogen (secondary N) is 1. The van der Waals surface area contributed by atoms with Crippen molar-refractivity contribution in [1.82, 2.24) is 10.2 Å². The van der Waals surface area contributed by atoms with Crippen LogP contribution in [0.3, 0.4) is 0 Å². The van der Waals surface area contributed by atoms with Gasteiger partial charge in [-0.3, -0.25) is 9.69 Å². The Kier molecular flexibility index (Phi) is 6.24. The zero-order valence-corrected chi connectivity index (χ0v) is 14.4. The molecule has 0 aromatic heterocycles. The normalized spacial score (nSPS) is 26.2. The van der Waals surface area contributed by atoms with Crippen molar-refractivity contribution >= 4 is 5.91 Å². The molecule has 5 nitrogen and oxygen atoms in total. The second-order valence-corrected chi connectivity index (χ2v) is 6.77. The van der Waals surface area contributed by atoms with E-state index in [1.54, 1.807) is 7.11 Å². The summed E-state index contributed by atoms with van der Waals surface area (Å²) in [5.41, 5.74) is 1.42. The van der Waals surface area contributed by atoms with Crippen molar-refractivity contribution in [1.29, 1.82) is 0 Å². The van der Waals surface area contributed by atoms with Crippen molar-refractivity contribution in [2.45, 2.75) is 37.3 Å². The van der Waals surface area contributed by atoms with Crippen molar-refractivity contribution in [3.05, 3.63) is 35.9 Å². The molecule has 3 rings (SSSR count). The van der Waals surface area contributed by atoms with E-state index in [0.717, 1.165) is 32.4 Å². The second kappa shape index (κ2) is 8.60. The molecule has 0 radical (unpaired) electrons. The van der Waals surface area contributed by atoms with E-state index in [1.165, 1.54) is 5.56 Å². The van der Waals surface area contributed by atoms with E-state index >= 15 is 0 Å². The number of amides is 1. The third-order valence-corrected chi connectivity index (χ3v) is 5.18. The van der Waals surface area contributed by atoms with Crippen LogP contribution in [0.5, 0.6) is 0 Å². The summed E-state index contributed by atoms with van der Waals surface area (Å²) in [6.45, 7) is 3.69. The fourth-order valence-corrected chi connectivity index (χ4v) is 3.71. The van der Waals surface area contributed by atoms with E-state index < -0.39 is 0 Å². The monoisotopic (exact) mass is 332 g/mol. The van der Waals surface area contributed by atoms with Gasteiger partial charge in [0.25, 0.3) is 0 Å². The molecule has 0 aliphatic carbocycles. The van der Waals surface area contributed by atoms with Gasteiger partial charge in [-0.1, -0.05) is 30.3 Å². The quantitative estimate of drug-likeness (QED) is 0.893. The number of hydrogen-bond donors (Lipinski definition) is 1. The summed E-state index contributed by atoms with van der Waals surface area (Å²) in [4.78, 5) is 14.6. The number of methoxy groups -OCH3 is 1. The number of hydrogen-bond acceptors (Lipinski definition) is 4. The molecule has 24 heavy (non-hydrogen) atoms. The maximum Gasteiger partial charge on any atom is 0.234 e. The van der Waals surface area contributed by atoms with Gasteiger partial charge in [0.2, 0.25) is 5.91 Å². The Balaban J connectivity index is 1.43. The van der Waals surface area contributed by atoms with Gasteiger partial charge in [-0.05, 0) is 43.8 Å². The van der Waals surface area contributed by atoms with Gasteiger partial charge in [-0.25, -0.2) is 0 Å². The predicted molar refractivity (Wildman–Crippen MR) is 93.0 cm³/mol. The molecule has 0 bridgehead atoms. The largest absolute Gasteiger partial charge is 0.379 e. The average Bonchev–Trinajstić information content (AvgIpc) is 2.63. The first-order valence-corrected chi connectivity index (χ1v) is 8.93. The maximum atomic E-state index is 12.3. The second-order valence-electron chi connectivity index (χ2n) is 6.77. The lowest BCUT2D eigenvalue weighted by molar-refractivity contribution is -0.126. The van der Waals surface area contributed by atoms with Crippen LogP contribution in [0.1, 0.15) is 30.7 Å². The van der Waals surface area contributed by atoms with Crippen LogP contribution in [0.4, 0.5) is 0 Å². The van der Waals surface area contributed by atoms with Gasteiger partial charge < -0.3 is 14.8 Å². The summed E-state index contributed by atoms with van der Waals surface area (Å²) in [6, 6.07) is 10.8. The van der Waals surface area contributed by atoms with Gasteiger partial charge in [-0.15, -0.1) is 0 Å². The summed E-state index contributed by atoms with van der Waals surface area (Å²) in [5.74, 6) is 0.723. The highest BCUT2D eigenvalue weighted by molar-refractivity contribution is 5.78. The Bertz CT molecular complexity index is 515. The van der Waals surface area contributed by atoms with E-state index in [2.05, 4.69) is 40.5 Å². The van der Waals surface area contributed by atoms with Gasteiger partial charge >= 0.3 is 0 Å². The van der Waals surface area contributed by atoms with E-state index in [-0.39, 0.29) is 18.1 Å². The van der Waals surface area contributed by atoms with Gasteiger partial charge in [0.1, 0.15) is 6.10 Å². The zero-order chi connectivity index (χ0) is 16.8. The van der Waals surface area contributed by atoms with Crippen molar-refractivity contribution < 1.29 is 14.3 Å². The molecule has 2 aliphatic rings. The number of piperidine rings is 1. The molecule has 1 aromatic carbocycles. The molecule has 1 aromatic rings. The Hall–Kier alpha value is -1.43. The van der Waals surface area contributed by atoms with Crippen LogP contribution in [-0.2, 0) is 14.3 Å². The van der Waals surface area contributed by atoms with Crippen molar-refractivity contribution in [3.63, 3.8) is 0 Å². The molecule has 2 aliphatic heterocycles. The molecular weight excluding hydrogens is 304 g/mol. The minimum Gasteiger partial charge on any atom is -0.379 e. The first-order valence-electron chi connectivity index (χ1n) is 8.93. The number of benzene rings is 1. The molecule has 5 heteroatoms. The lowest BCUT2D eigenvalue weighted by atomic mass is 9.89. The highest BCUT2D eigenvalue weighted by Crippen LogP contribution is 2.27. The van der Waals surface area contributed by atoms with Crippen LogP contribution in [0.25, 0.3) is 0 Å². The Morgan fingerprint density at radius 3 is 2.71 bits per heavy atom. The van der Waals surface area contributed by atoms with Gasteiger partial charge in [0, 0.05) is 13.7 Å². The van der Waals surface area contributed by atoms with Crippen LogP contribution in [0, 0.1) is 0 Å². The highest BCUT2D eigenvalue weighted by atomic mass is 16.5. The van der Waals surface area contributed by atoms with Crippen LogP contribution in [-0.4, -0.2) is 62.9 Å². The highest BCUT2D eigenvalue weighted by Gasteiger charge is 2.28. The first kappa shape index (κ1) is 17.4. The standard InChI is InChI=1S/C19H28N2O3/c1-23-18-14-24-12-9-17(18)20-19(22)13-21-10-7-16(8-11-21)15-5-3-2-4-6-15/h2-6,16-18H,7-14H2,1H3,(H,20,22)/t17-,18-/m1/s1. The number of carbonyl (C=O) groups excluding carboxylic acids is 1. The molecule has 2 fully saturated rings.